The highest BCUT2D eigenvalue weighted by Crippen LogP contribution is 2.23. The standard InChI is InChI=1S/C21H25N3O/c1-15(21(22)25)7-3-2-4-10-20-23-14-19(24-20)18-12-11-16-8-5-6-9-17(16)13-18/h5-6,8-9,11-15H,2-4,7,10H2,1H3,(H2,22,25)(H,23,24). The first kappa shape index (κ1) is 17.2. The fourth-order valence-electron chi connectivity index (χ4n) is 3.06. The van der Waals surface area contributed by atoms with Crippen molar-refractivity contribution >= 4 is 16.7 Å². The fourth-order valence-corrected chi connectivity index (χ4v) is 3.06. The lowest BCUT2D eigenvalue weighted by Crippen LogP contribution is -2.20. The van der Waals surface area contributed by atoms with Crippen LogP contribution in [-0.4, -0.2) is 15.9 Å². The Balaban J connectivity index is 1.54. The van der Waals surface area contributed by atoms with Gasteiger partial charge in [0.2, 0.25) is 5.91 Å². The molecule has 0 saturated carbocycles. The molecule has 1 amide bonds. The highest BCUT2D eigenvalue weighted by Gasteiger charge is 2.08. The minimum Gasteiger partial charge on any atom is -0.369 e. The lowest BCUT2D eigenvalue weighted by atomic mass is 10.0. The van der Waals surface area contributed by atoms with Gasteiger partial charge in [-0.25, -0.2) is 4.98 Å². The maximum absolute atomic E-state index is 11.0. The average Bonchev–Trinajstić information content (AvgIpc) is 3.09. The molecule has 0 aliphatic heterocycles. The summed E-state index contributed by atoms with van der Waals surface area (Å²) in [7, 11) is 0. The zero-order valence-corrected chi connectivity index (χ0v) is 14.7. The molecule has 0 saturated heterocycles. The second-order valence-electron chi connectivity index (χ2n) is 6.71. The van der Waals surface area contributed by atoms with Crippen molar-refractivity contribution in [3.05, 3.63) is 54.5 Å². The number of nitrogens with two attached hydrogens (primary N) is 1. The van der Waals surface area contributed by atoms with E-state index in [9.17, 15) is 4.79 Å². The van der Waals surface area contributed by atoms with Crippen LogP contribution in [0.5, 0.6) is 0 Å². The van der Waals surface area contributed by atoms with E-state index in [1.807, 2.05) is 13.1 Å². The molecule has 4 heteroatoms. The van der Waals surface area contributed by atoms with Crippen molar-refractivity contribution in [2.45, 2.75) is 39.0 Å². The zero-order valence-electron chi connectivity index (χ0n) is 14.7. The van der Waals surface area contributed by atoms with Gasteiger partial charge in [0, 0.05) is 17.9 Å². The Hall–Kier alpha value is -2.62. The number of hydrogen-bond acceptors (Lipinski definition) is 2. The van der Waals surface area contributed by atoms with E-state index < -0.39 is 0 Å². The first-order chi connectivity index (χ1) is 12.1. The van der Waals surface area contributed by atoms with E-state index >= 15 is 0 Å². The number of hydrogen-bond donors (Lipinski definition) is 2. The molecule has 0 fully saturated rings. The van der Waals surface area contributed by atoms with E-state index in [0.717, 1.165) is 49.2 Å². The molecule has 0 radical (unpaired) electrons. The highest BCUT2D eigenvalue weighted by molar-refractivity contribution is 5.86. The summed E-state index contributed by atoms with van der Waals surface area (Å²) in [5, 5.41) is 2.48. The van der Waals surface area contributed by atoms with Gasteiger partial charge < -0.3 is 10.7 Å². The molecule has 3 aromatic rings. The number of aromatic nitrogens is 2. The summed E-state index contributed by atoms with van der Waals surface area (Å²) >= 11 is 0. The van der Waals surface area contributed by atoms with Gasteiger partial charge in [-0.1, -0.05) is 56.2 Å². The second-order valence-corrected chi connectivity index (χ2v) is 6.71. The van der Waals surface area contributed by atoms with Gasteiger partial charge in [0.1, 0.15) is 5.82 Å². The van der Waals surface area contributed by atoms with Crippen LogP contribution in [0.3, 0.4) is 0 Å². The Kier molecular flexibility index (Phi) is 5.49. The summed E-state index contributed by atoms with van der Waals surface area (Å²) in [4.78, 5) is 18.9. The zero-order chi connectivity index (χ0) is 17.6. The number of amides is 1. The van der Waals surface area contributed by atoms with Crippen molar-refractivity contribution in [2.24, 2.45) is 11.7 Å². The average molecular weight is 335 g/mol. The third-order valence-corrected chi connectivity index (χ3v) is 4.73. The molecule has 1 aromatic heterocycles. The van der Waals surface area contributed by atoms with Gasteiger partial charge in [0.15, 0.2) is 0 Å². The SMILES string of the molecule is CC(CCCCCc1ncc(-c2ccc3ccccc3c2)[nH]1)C(N)=O. The number of carbonyl (C=O) groups is 1. The van der Waals surface area contributed by atoms with Crippen LogP contribution in [0.4, 0.5) is 0 Å². The molecular formula is C21H25N3O. The molecule has 0 aliphatic rings. The Morgan fingerprint density at radius 3 is 2.72 bits per heavy atom. The van der Waals surface area contributed by atoms with Gasteiger partial charge in [-0.05, 0) is 29.7 Å². The van der Waals surface area contributed by atoms with E-state index in [4.69, 9.17) is 5.73 Å². The van der Waals surface area contributed by atoms with E-state index in [1.165, 1.54) is 10.8 Å². The first-order valence-electron chi connectivity index (χ1n) is 8.96. The number of imidazole rings is 1. The topological polar surface area (TPSA) is 71.8 Å². The molecule has 25 heavy (non-hydrogen) atoms. The largest absolute Gasteiger partial charge is 0.369 e. The molecule has 0 bridgehead atoms. The maximum Gasteiger partial charge on any atom is 0.220 e. The number of nitrogens with zero attached hydrogens (tertiary/aromatic N) is 1. The minimum atomic E-state index is -0.203. The van der Waals surface area contributed by atoms with Gasteiger partial charge in [0.25, 0.3) is 0 Å². The summed E-state index contributed by atoms with van der Waals surface area (Å²) in [5.74, 6) is 0.792. The van der Waals surface area contributed by atoms with Crippen LogP contribution in [0.2, 0.25) is 0 Å². The van der Waals surface area contributed by atoms with Gasteiger partial charge in [-0.2, -0.15) is 0 Å². The normalized spacial score (nSPS) is 12.4. The van der Waals surface area contributed by atoms with Crippen LogP contribution in [0.15, 0.2) is 48.7 Å². The third-order valence-electron chi connectivity index (χ3n) is 4.73. The van der Waals surface area contributed by atoms with Crippen molar-refractivity contribution in [1.29, 1.82) is 0 Å². The van der Waals surface area contributed by atoms with E-state index in [-0.39, 0.29) is 11.8 Å². The molecule has 4 nitrogen and oxygen atoms in total. The van der Waals surface area contributed by atoms with Crippen LogP contribution in [0, 0.1) is 5.92 Å². The molecule has 3 rings (SSSR count). The molecule has 3 N–H and O–H groups in total. The summed E-state index contributed by atoms with van der Waals surface area (Å²) in [5.41, 5.74) is 7.50. The van der Waals surface area contributed by atoms with Crippen molar-refractivity contribution in [3.8, 4) is 11.3 Å². The van der Waals surface area contributed by atoms with Crippen molar-refractivity contribution in [3.63, 3.8) is 0 Å². The highest BCUT2D eigenvalue weighted by atomic mass is 16.1. The van der Waals surface area contributed by atoms with Crippen molar-refractivity contribution in [2.75, 3.05) is 0 Å². The molecule has 130 valence electrons. The molecular weight excluding hydrogens is 310 g/mol. The summed E-state index contributed by atoms with van der Waals surface area (Å²) < 4.78 is 0. The smallest absolute Gasteiger partial charge is 0.220 e. The number of aryl methyl sites for hydroxylation is 1. The molecule has 0 spiro atoms. The van der Waals surface area contributed by atoms with E-state index in [1.54, 1.807) is 0 Å². The summed E-state index contributed by atoms with van der Waals surface area (Å²) in [6.45, 7) is 1.89. The number of fused-ring (bicyclic) bond motifs is 1. The Morgan fingerprint density at radius 2 is 1.92 bits per heavy atom. The van der Waals surface area contributed by atoms with Gasteiger partial charge >= 0.3 is 0 Å². The van der Waals surface area contributed by atoms with Crippen molar-refractivity contribution in [1.82, 2.24) is 9.97 Å². The lowest BCUT2D eigenvalue weighted by Gasteiger charge is -2.05. The van der Waals surface area contributed by atoms with Crippen LogP contribution >= 0.6 is 0 Å². The number of nitrogens with one attached hydrogen (secondary N) is 1. The van der Waals surface area contributed by atoms with Crippen LogP contribution in [-0.2, 0) is 11.2 Å². The quantitative estimate of drug-likeness (QED) is 0.597. The summed E-state index contributed by atoms with van der Waals surface area (Å²) in [6, 6.07) is 14.8. The predicted octanol–water partition coefficient (Wildman–Crippen LogP) is 4.45. The predicted molar refractivity (Wildman–Crippen MR) is 102 cm³/mol. The molecule has 1 heterocycles. The number of unbranched alkanes of at least 4 members (excludes halogenated alkanes) is 2. The minimum absolute atomic E-state index is 0.0249. The fraction of sp³-hybridized carbons (Fsp3) is 0.333. The van der Waals surface area contributed by atoms with Gasteiger partial charge in [-0.3, -0.25) is 4.79 Å². The van der Waals surface area contributed by atoms with E-state index in [2.05, 4.69) is 52.4 Å². The molecule has 1 unspecified atom stereocenters. The Bertz CT molecular complexity index is 853. The molecule has 1 atom stereocenters. The van der Waals surface area contributed by atoms with Gasteiger partial charge in [0.05, 0.1) is 11.9 Å². The van der Waals surface area contributed by atoms with Crippen LogP contribution in [0.1, 0.15) is 38.4 Å². The Morgan fingerprint density at radius 1 is 1.12 bits per heavy atom. The third kappa shape index (κ3) is 4.47. The monoisotopic (exact) mass is 335 g/mol. The number of rotatable bonds is 8. The lowest BCUT2D eigenvalue weighted by molar-refractivity contribution is -0.121. The molecule has 2 aromatic carbocycles. The van der Waals surface area contributed by atoms with Crippen LogP contribution < -0.4 is 5.73 Å². The number of benzene rings is 2. The second kappa shape index (κ2) is 7.97. The Labute approximate surface area is 148 Å². The number of primary amides is 1. The summed E-state index contributed by atoms with van der Waals surface area (Å²) in [6.07, 6.45) is 6.89. The van der Waals surface area contributed by atoms with Crippen LogP contribution in [0.25, 0.3) is 22.0 Å². The van der Waals surface area contributed by atoms with Crippen molar-refractivity contribution < 1.29 is 4.79 Å². The number of carbonyl (C=O) groups excluding carboxylic acids is 1. The maximum atomic E-state index is 11.0. The molecule has 0 aliphatic carbocycles. The number of aromatic amines is 1. The van der Waals surface area contributed by atoms with E-state index in [0.29, 0.717) is 0 Å². The first-order valence-corrected chi connectivity index (χ1v) is 8.96. The number of H-pyrrole nitrogens is 1. The van der Waals surface area contributed by atoms with Gasteiger partial charge in [-0.15, -0.1) is 0 Å².